The predicted octanol–water partition coefficient (Wildman–Crippen LogP) is 3.04. The van der Waals surface area contributed by atoms with Crippen LogP contribution in [0.3, 0.4) is 0 Å². The lowest BCUT2D eigenvalue weighted by atomic mass is 9.95. The molecule has 5 heteroatoms. The van der Waals surface area contributed by atoms with E-state index in [0.717, 1.165) is 0 Å². The number of hydrogen-bond acceptors (Lipinski definition) is 3. The number of anilines is 1. The first-order valence-electron chi connectivity index (χ1n) is 6.95. The average Bonchev–Trinajstić information content (AvgIpc) is 2.37. The molecule has 21 heavy (non-hydrogen) atoms. The lowest BCUT2D eigenvalue weighted by Gasteiger charge is -2.17. The van der Waals surface area contributed by atoms with Gasteiger partial charge in [-0.3, -0.25) is 9.59 Å². The molecule has 0 saturated heterocycles. The topological polar surface area (TPSA) is 70.6 Å². The van der Waals surface area contributed by atoms with E-state index < -0.39 is 5.41 Å². The fraction of sp³-hybridized carbons (Fsp3) is 0.438. The van der Waals surface area contributed by atoms with E-state index in [-0.39, 0.29) is 17.7 Å². The van der Waals surface area contributed by atoms with Gasteiger partial charge in [0.05, 0.1) is 0 Å². The summed E-state index contributed by atoms with van der Waals surface area (Å²) in [6.07, 6.45) is 1.66. The number of benzene rings is 1. The van der Waals surface area contributed by atoms with Crippen LogP contribution in [0.2, 0.25) is 0 Å². The van der Waals surface area contributed by atoms with Gasteiger partial charge in [0.2, 0.25) is 5.91 Å². The third kappa shape index (κ3) is 5.77. The molecule has 0 saturated carbocycles. The summed E-state index contributed by atoms with van der Waals surface area (Å²) in [6, 6.07) is 6.70. The Morgan fingerprint density at radius 1 is 1.14 bits per heavy atom. The molecular weight excluding hydrogens is 266 g/mol. The first kappa shape index (κ1) is 16.9. The predicted molar refractivity (Wildman–Crippen MR) is 85.3 cm³/mol. The molecule has 0 atom stereocenters. The third-order valence-electron chi connectivity index (χ3n) is 2.62. The van der Waals surface area contributed by atoms with Crippen LogP contribution >= 0.6 is 0 Å². The van der Waals surface area contributed by atoms with Crippen molar-refractivity contribution in [3.8, 4) is 0 Å². The van der Waals surface area contributed by atoms with Crippen LogP contribution in [0.5, 0.6) is 0 Å². The number of hydrogen-bond donors (Lipinski definition) is 2. The quantitative estimate of drug-likeness (QED) is 0.660. The molecule has 0 heterocycles. The van der Waals surface area contributed by atoms with Crippen LogP contribution in [0.4, 0.5) is 5.69 Å². The number of carbonyl (C=O) groups is 2. The molecule has 0 aromatic heterocycles. The van der Waals surface area contributed by atoms with Crippen LogP contribution < -0.4 is 10.7 Å². The van der Waals surface area contributed by atoms with E-state index in [4.69, 9.17) is 0 Å². The van der Waals surface area contributed by atoms with Gasteiger partial charge in [0.25, 0.3) is 5.91 Å². The first-order valence-corrected chi connectivity index (χ1v) is 6.95. The first-order chi connectivity index (χ1) is 9.70. The van der Waals surface area contributed by atoms with Gasteiger partial charge in [-0.25, -0.2) is 5.43 Å². The fourth-order valence-electron chi connectivity index (χ4n) is 1.33. The number of amides is 2. The van der Waals surface area contributed by atoms with Crippen LogP contribution in [-0.4, -0.2) is 18.0 Å². The Kier molecular flexibility index (Phi) is 5.64. The average molecular weight is 289 g/mol. The van der Waals surface area contributed by atoms with Crippen molar-refractivity contribution in [3.05, 3.63) is 29.8 Å². The van der Waals surface area contributed by atoms with E-state index in [0.29, 0.717) is 11.3 Å². The molecule has 0 bridgehead atoms. The highest BCUT2D eigenvalue weighted by Crippen LogP contribution is 2.17. The molecule has 1 aromatic rings. The molecule has 0 radical (unpaired) electrons. The van der Waals surface area contributed by atoms with Gasteiger partial charge in [-0.05, 0) is 30.2 Å². The van der Waals surface area contributed by atoms with Gasteiger partial charge in [-0.1, -0.05) is 34.6 Å². The maximum atomic E-state index is 11.8. The van der Waals surface area contributed by atoms with Crippen molar-refractivity contribution in [3.63, 3.8) is 0 Å². The minimum atomic E-state index is -0.457. The Morgan fingerprint density at radius 3 is 2.19 bits per heavy atom. The highest BCUT2D eigenvalue weighted by molar-refractivity contribution is 5.97. The maximum absolute atomic E-state index is 11.8. The van der Waals surface area contributed by atoms with Gasteiger partial charge in [0.1, 0.15) is 0 Å². The monoisotopic (exact) mass is 289 g/mol. The van der Waals surface area contributed by atoms with Crippen molar-refractivity contribution >= 4 is 23.7 Å². The second kappa shape index (κ2) is 7.02. The van der Waals surface area contributed by atoms with Crippen LogP contribution in [-0.2, 0) is 4.79 Å². The summed E-state index contributed by atoms with van der Waals surface area (Å²) < 4.78 is 0. The van der Waals surface area contributed by atoms with Gasteiger partial charge < -0.3 is 5.32 Å². The van der Waals surface area contributed by atoms with E-state index in [1.165, 1.54) is 0 Å². The highest BCUT2D eigenvalue weighted by Gasteiger charge is 2.21. The van der Waals surface area contributed by atoms with E-state index in [1.807, 2.05) is 34.6 Å². The molecule has 2 N–H and O–H groups in total. The minimum absolute atomic E-state index is 0.0683. The van der Waals surface area contributed by atoms with Crippen LogP contribution in [0.25, 0.3) is 0 Å². The van der Waals surface area contributed by atoms with E-state index >= 15 is 0 Å². The van der Waals surface area contributed by atoms with E-state index in [2.05, 4.69) is 15.8 Å². The zero-order valence-corrected chi connectivity index (χ0v) is 13.2. The van der Waals surface area contributed by atoms with Gasteiger partial charge in [0.15, 0.2) is 0 Å². The number of hydrazone groups is 1. The maximum Gasteiger partial charge on any atom is 0.271 e. The Bertz CT molecular complexity index is 525. The van der Waals surface area contributed by atoms with E-state index in [9.17, 15) is 9.59 Å². The number of nitrogens with zero attached hydrogens (tertiary/aromatic N) is 1. The summed E-state index contributed by atoms with van der Waals surface area (Å²) in [4.78, 5) is 23.7. The highest BCUT2D eigenvalue weighted by atomic mass is 16.2. The van der Waals surface area contributed by atoms with Crippen molar-refractivity contribution in [1.29, 1.82) is 0 Å². The van der Waals surface area contributed by atoms with Crippen molar-refractivity contribution < 1.29 is 9.59 Å². The van der Waals surface area contributed by atoms with Gasteiger partial charge in [-0.15, -0.1) is 0 Å². The van der Waals surface area contributed by atoms with Gasteiger partial charge in [-0.2, -0.15) is 5.10 Å². The molecule has 0 aliphatic rings. The molecule has 1 rings (SSSR count). The lowest BCUT2D eigenvalue weighted by Crippen LogP contribution is -2.27. The summed E-state index contributed by atoms with van der Waals surface area (Å²) >= 11 is 0. The van der Waals surface area contributed by atoms with Crippen molar-refractivity contribution in [1.82, 2.24) is 5.43 Å². The molecule has 0 spiro atoms. The molecule has 5 nitrogen and oxygen atoms in total. The van der Waals surface area contributed by atoms with Gasteiger partial charge in [0, 0.05) is 22.9 Å². The zero-order chi connectivity index (χ0) is 16.0. The third-order valence-corrected chi connectivity index (χ3v) is 2.62. The van der Waals surface area contributed by atoms with Crippen molar-refractivity contribution in [2.24, 2.45) is 16.4 Å². The minimum Gasteiger partial charge on any atom is -0.326 e. The molecule has 1 aromatic carbocycles. The molecule has 0 aliphatic heterocycles. The molecule has 0 aliphatic carbocycles. The summed E-state index contributed by atoms with van der Waals surface area (Å²) in [5.74, 6) is -0.0675. The molecule has 114 valence electrons. The SMILES string of the molecule is CC(C)/C=N/NC(=O)c1ccc(NC(=O)C(C)(C)C)cc1. The summed E-state index contributed by atoms with van der Waals surface area (Å²) in [6.45, 7) is 9.48. The molecule has 0 fully saturated rings. The Morgan fingerprint density at radius 2 is 1.71 bits per heavy atom. The number of rotatable bonds is 4. The van der Waals surface area contributed by atoms with E-state index in [1.54, 1.807) is 30.5 Å². The summed E-state index contributed by atoms with van der Waals surface area (Å²) in [5, 5.41) is 6.66. The number of nitrogens with one attached hydrogen (secondary N) is 2. The van der Waals surface area contributed by atoms with Crippen molar-refractivity contribution in [2.45, 2.75) is 34.6 Å². The van der Waals surface area contributed by atoms with Crippen LogP contribution in [0.15, 0.2) is 29.4 Å². The Labute approximate surface area is 125 Å². The summed E-state index contributed by atoms with van der Waals surface area (Å²) in [7, 11) is 0. The zero-order valence-electron chi connectivity index (χ0n) is 13.2. The molecular formula is C16H23N3O2. The van der Waals surface area contributed by atoms with Gasteiger partial charge >= 0.3 is 0 Å². The Hall–Kier alpha value is -2.17. The summed E-state index contributed by atoms with van der Waals surface area (Å²) in [5.41, 5.74) is 3.16. The molecule has 0 unspecified atom stereocenters. The standard InChI is InChI=1S/C16H23N3O2/c1-11(2)10-17-19-14(20)12-6-8-13(9-7-12)18-15(21)16(3,4)5/h6-11H,1-5H3,(H,18,21)(H,19,20)/b17-10+. The van der Waals surface area contributed by atoms with Crippen LogP contribution in [0.1, 0.15) is 45.0 Å². The largest absolute Gasteiger partial charge is 0.326 e. The van der Waals surface area contributed by atoms with Crippen LogP contribution in [0, 0.1) is 11.3 Å². The molecule has 2 amide bonds. The lowest BCUT2D eigenvalue weighted by molar-refractivity contribution is -0.123. The second-order valence-corrected chi connectivity index (χ2v) is 6.24. The Balaban J connectivity index is 2.66. The smallest absolute Gasteiger partial charge is 0.271 e. The van der Waals surface area contributed by atoms with Crippen molar-refractivity contribution in [2.75, 3.05) is 5.32 Å². The number of carbonyl (C=O) groups excluding carboxylic acids is 2. The second-order valence-electron chi connectivity index (χ2n) is 6.24. The fourth-order valence-corrected chi connectivity index (χ4v) is 1.33. The normalized spacial score (nSPS) is 11.7.